The van der Waals surface area contributed by atoms with Gasteiger partial charge in [-0.15, -0.1) is 0 Å². The van der Waals surface area contributed by atoms with Crippen molar-refractivity contribution in [2.24, 2.45) is 0 Å². The maximum Gasteiger partial charge on any atom is 0.264 e. The molecule has 0 unspecified atom stereocenters. The zero-order valence-electron chi connectivity index (χ0n) is 12.5. The van der Waals surface area contributed by atoms with Gasteiger partial charge < -0.3 is 10.1 Å². The summed E-state index contributed by atoms with van der Waals surface area (Å²) in [7, 11) is 0. The minimum Gasteiger partial charge on any atom is -0.483 e. The summed E-state index contributed by atoms with van der Waals surface area (Å²) >= 11 is 20.3. The zero-order chi connectivity index (χ0) is 17.7. The molecule has 126 valence electrons. The Labute approximate surface area is 163 Å². The molecule has 0 spiro atoms. The lowest BCUT2D eigenvalue weighted by Gasteiger charge is -2.12. The van der Waals surface area contributed by atoms with Crippen molar-refractivity contribution in [1.82, 2.24) is 5.32 Å². The average molecular weight is 448 g/mol. The third-order valence-corrected chi connectivity index (χ3v) is 4.60. The Morgan fingerprint density at radius 2 is 2.00 bits per heavy atom. The molecule has 0 heterocycles. The molecule has 24 heavy (non-hydrogen) atoms. The lowest BCUT2D eigenvalue weighted by atomic mass is 10.2. The Morgan fingerprint density at radius 3 is 2.67 bits per heavy atom. The number of halogens is 3. The number of rotatable bonds is 4. The summed E-state index contributed by atoms with van der Waals surface area (Å²) in [6.07, 6.45) is 0. The lowest BCUT2D eigenvalue weighted by molar-refractivity contribution is -0.121. The third kappa shape index (κ3) is 5.63. The van der Waals surface area contributed by atoms with Crippen molar-refractivity contribution < 1.29 is 9.53 Å². The fraction of sp³-hybridized carbons (Fsp3) is 0.125. The minimum absolute atomic E-state index is 0.161. The maximum absolute atomic E-state index is 11.9. The van der Waals surface area contributed by atoms with Crippen molar-refractivity contribution in [1.29, 1.82) is 0 Å². The van der Waals surface area contributed by atoms with Gasteiger partial charge in [-0.3, -0.25) is 10.1 Å². The molecule has 2 rings (SSSR count). The van der Waals surface area contributed by atoms with Crippen LogP contribution in [0, 0.1) is 6.92 Å². The highest BCUT2D eigenvalue weighted by atomic mass is 79.9. The number of carbonyl (C=O) groups excluding carboxylic acids is 1. The van der Waals surface area contributed by atoms with Crippen LogP contribution in [0.5, 0.6) is 5.75 Å². The number of carbonyl (C=O) groups is 1. The van der Waals surface area contributed by atoms with Crippen LogP contribution in [0.4, 0.5) is 5.69 Å². The fourth-order valence-corrected chi connectivity index (χ4v) is 2.70. The van der Waals surface area contributed by atoms with Gasteiger partial charge in [-0.2, -0.15) is 0 Å². The number of thiocarbonyl (C=S) groups is 1. The Hall–Kier alpha value is -1.34. The second-order valence-electron chi connectivity index (χ2n) is 4.83. The molecule has 0 aliphatic rings. The Balaban J connectivity index is 1.85. The van der Waals surface area contributed by atoms with E-state index >= 15 is 0 Å². The molecule has 0 saturated heterocycles. The topological polar surface area (TPSA) is 50.4 Å². The van der Waals surface area contributed by atoms with Gasteiger partial charge in [0.05, 0.1) is 5.02 Å². The molecule has 0 aliphatic heterocycles. The van der Waals surface area contributed by atoms with Crippen molar-refractivity contribution in [3.8, 4) is 5.75 Å². The van der Waals surface area contributed by atoms with Gasteiger partial charge in [-0.25, -0.2) is 0 Å². The van der Waals surface area contributed by atoms with Crippen molar-refractivity contribution in [2.45, 2.75) is 6.92 Å². The van der Waals surface area contributed by atoms with E-state index in [0.29, 0.717) is 21.5 Å². The van der Waals surface area contributed by atoms with Gasteiger partial charge in [0.15, 0.2) is 11.7 Å². The van der Waals surface area contributed by atoms with Gasteiger partial charge in [-0.1, -0.05) is 23.2 Å². The fourth-order valence-electron chi connectivity index (χ4n) is 1.82. The normalized spacial score (nSPS) is 10.2. The summed E-state index contributed by atoms with van der Waals surface area (Å²) in [6, 6.07) is 10.4. The number of aryl methyl sites for hydroxylation is 1. The lowest BCUT2D eigenvalue weighted by Crippen LogP contribution is -2.37. The molecular weight excluding hydrogens is 435 g/mol. The van der Waals surface area contributed by atoms with E-state index in [1.54, 1.807) is 36.4 Å². The van der Waals surface area contributed by atoms with Crippen LogP contribution in [0.3, 0.4) is 0 Å². The van der Waals surface area contributed by atoms with E-state index in [0.717, 1.165) is 10.0 Å². The maximum atomic E-state index is 11.9. The summed E-state index contributed by atoms with van der Waals surface area (Å²) in [5, 5.41) is 6.73. The highest BCUT2D eigenvalue weighted by molar-refractivity contribution is 9.10. The van der Waals surface area contributed by atoms with Gasteiger partial charge in [-0.05, 0) is 77.0 Å². The largest absolute Gasteiger partial charge is 0.483 e. The summed E-state index contributed by atoms with van der Waals surface area (Å²) < 4.78 is 6.23. The van der Waals surface area contributed by atoms with Crippen molar-refractivity contribution >= 4 is 68.1 Å². The smallest absolute Gasteiger partial charge is 0.264 e. The molecule has 0 bridgehead atoms. The van der Waals surface area contributed by atoms with Crippen LogP contribution >= 0.6 is 51.3 Å². The van der Waals surface area contributed by atoms with E-state index in [1.165, 1.54) is 0 Å². The quantitative estimate of drug-likeness (QED) is 0.650. The van der Waals surface area contributed by atoms with E-state index in [-0.39, 0.29) is 17.6 Å². The summed E-state index contributed by atoms with van der Waals surface area (Å²) in [4.78, 5) is 11.9. The third-order valence-electron chi connectivity index (χ3n) is 2.93. The molecule has 0 aromatic heterocycles. The number of ether oxygens (including phenoxy) is 1. The summed E-state index contributed by atoms with van der Waals surface area (Å²) in [6.45, 7) is 1.69. The van der Waals surface area contributed by atoms with Crippen LogP contribution < -0.4 is 15.4 Å². The van der Waals surface area contributed by atoms with Gasteiger partial charge in [0.1, 0.15) is 5.75 Å². The Morgan fingerprint density at radius 1 is 1.25 bits per heavy atom. The second kappa shape index (κ2) is 8.67. The van der Waals surface area contributed by atoms with E-state index in [1.807, 2.05) is 6.92 Å². The first-order valence-electron chi connectivity index (χ1n) is 6.80. The minimum atomic E-state index is -0.370. The molecular formula is C16H13BrCl2N2O2S. The highest BCUT2D eigenvalue weighted by Crippen LogP contribution is 2.25. The molecule has 0 radical (unpaired) electrons. The molecule has 0 atom stereocenters. The van der Waals surface area contributed by atoms with Crippen molar-refractivity contribution in [2.75, 3.05) is 11.9 Å². The number of amides is 1. The average Bonchev–Trinajstić information content (AvgIpc) is 2.50. The molecule has 2 aromatic rings. The van der Waals surface area contributed by atoms with Crippen LogP contribution in [-0.4, -0.2) is 17.6 Å². The van der Waals surface area contributed by atoms with Crippen molar-refractivity contribution in [3.05, 3.63) is 56.5 Å². The van der Waals surface area contributed by atoms with Crippen LogP contribution in [0.2, 0.25) is 10.0 Å². The molecule has 4 nitrogen and oxygen atoms in total. The molecule has 0 fully saturated rings. The van der Waals surface area contributed by atoms with Gasteiger partial charge in [0.25, 0.3) is 5.91 Å². The number of hydrogen-bond donors (Lipinski definition) is 2. The predicted octanol–water partition coefficient (Wildman–Crippen LogP) is 4.96. The molecule has 0 aliphatic carbocycles. The predicted molar refractivity (Wildman–Crippen MR) is 105 cm³/mol. The van der Waals surface area contributed by atoms with Crippen LogP contribution in [-0.2, 0) is 4.79 Å². The Kier molecular flexibility index (Phi) is 6.86. The first-order chi connectivity index (χ1) is 11.3. The highest BCUT2D eigenvalue weighted by Gasteiger charge is 2.08. The molecule has 1 amide bonds. The van der Waals surface area contributed by atoms with Crippen LogP contribution in [0.15, 0.2) is 40.9 Å². The molecule has 2 N–H and O–H groups in total. The molecule has 8 heteroatoms. The van der Waals surface area contributed by atoms with Crippen molar-refractivity contribution in [3.63, 3.8) is 0 Å². The standard InChI is InChI=1S/C16H13BrCl2N2O2S/c1-9-6-10(18)2-5-14(9)23-8-15(22)21-16(24)20-11-3-4-12(17)13(19)7-11/h2-7H,8H2,1H3,(H2,20,21,22,24). The van der Waals surface area contributed by atoms with Gasteiger partial charge >= 0.3 is 0 Å². The zero-order valence-corrected chi connectivity index (χ0v) is 16.4. The first kappa shape index (κ1) is 19.0. The van der Waals surface area contributed by atoms with E-state index in [2.05, 4.69) is 26.6 Å². The van der Waals surface area contributed by atoms with E-state index in [9.17, 15) is 4.79 Å². The number of nitrogens with one attached hydrogen (secondary N) is 2. The monoisotopic (exact) mass is 446 g/mol. The second-order valence-corrected chi connectivity index (χ2v) is 6.94. The van der Waals surface area contributed by atoms with E-state index in [4.69, 9.17) is 40.2 Å². The molecule has 2 aromatic carbocycles. The Bertz CT molecular complexity index is 787. The number of hydrogen-bond acceptors (Lipinski definition) is 3. The first-order valence-corrected chi connectivity index (χ1v) is 8.75. The summed E-state index contributed by atoms with van der Waals surface area (Å²) in [5.41, 5.74) is 1.52. The van der Waals surface area contributed by atoms with Crippen LogP contribution in [0.25, 0.3) is 0 Å². The van der Waals surface area contributed by atoms with E-state index < -0.39 is 0 Å². The summed E-state index contributed by atoms with van der Waals surface area (Å²) in [5.74, 6) is 0.221. The number of benzene rings is 2. The SMILES string of the molecule is Cc1cc(Cl)ccc1OCC(=O)NC(=S)Nc1ccc(Br)c(Cl)c1. The molecule has 0 saturated carbocycles. The van der Waals surface area contributed by atoms with Gasteiger partial charge in [0, 0.05) is 15.2 Å². The van der Waals surface area contributed by atoms with Gasteiger partial charge in [0.2, 0.25) is 0 Å². The number of anilines is 1. The van der Waals surface area contributed by atoms with Crippen LogP contribution in [0.1, 0.15) is 5.56 Å².